The molecule has 0 spiro atoms. The second-order valence-corrected chi connectivity index (χ2v) is 3.47. The maximum absolute atomic E-state index is 11.3. The van der Waals surface area contributed by atoms with Crippen LogP contribution in [-0.2, 0) is 14.9 Å². The summed E-state index contributed by atoms with van der Waals surface area (Å²) in [6.45, 7) is 0.983. The fraction of sp³-hybridized carbons (Fsp3) is 0.556. The standard InChI is InChI=1S/C9H12N2O3/c12-8(13)9(2-5-14-6-3-9)7-1-4-10-11-7/h1,4H,2-3,5-6H2,(H,10,11)(H,12,13). The number of nitrogens with zero attached hydrogens (tertiary/aromatic N) is 1. The van der Waals surface area contributed by atoms with Crippen LogP contribution >= 0.6 is 0 Å². The van der Waals surface area contributed by atoms with Crippen molar-refractivity contribution in [2.75, 3.05) is 13.2 Å². The van der Waals surface area contributed by atoms with Crippen LogP contribution < -0.4 is 0 Å². The van der Waals surface area contributed by atoms with E-state index in [-0.39, 0.29) is 0 Å². The number of nitrogens with one attached hydrogen (secondary N) is 1. The smallest absolute Gasteiger partial charge is 0.315 e. The lowest BCUT2D eigenvalue weighted by atomic mass is 9.77. The molecule has 1 aliphatic heterocycles. The van der Waals surface area contributed by atoms with Crippen LogP contribution in [0.2, 0.25) is 0 Å². The molecule has 14 heavy (non-hydrogen) atoms. The molecule has 1 aromatic heterocycles. The van der Waals surface area contributed by atoms with Gasteiger partial charge in [-0.3, -0.25) is 9.89 Å². The molecule has 0 unspecified atom stereocenters. The van der Waals surface area contributed by atoms with E-state index in [2.05, 4.69) is 10.2 Å². The maximum atomic E-state index is 11.3. The summed E-state index contributed by atoms with van der Waals surface area (Å²) in [5.41, 5.74) is -0.150. The Bertz CT molecular complexity index is 315. The van der Waals surface area contributed by atoms with E-state index < -0.39 is 11.4 Å². The molecule has 2 rings (SSSR count). The van der Waals surface area contributed by atoms with Crippen LogP contribution in [-0.4, -0.2) is 34.5 Å². The van der Waals surface area contributed by atoms with Crippen molar-refractivity contribution in [2.24, 2.45) is 0 Å². The third-order valence-corrected chi connectivity index (χ3v) is 2.77. The average Bonchev–Trinajstić information content (AvgIpc) is 2.72. The first-order chi connectivity index (χ1) is 6.76. The van der Waals surface area contributed by atoms with Crippen LogP contribution in [0.1, 0.15) is 18.5 Å². The Hall–Kier alpha value is -1.36. The molecule has 0 amide bonds. The lowest BCUT2D eigenvalue weighted by Gasteiger charge is -2.31. The number of carboxylic acids is 1. The number of carbonyl (C=O) groups is 1. The van der Waals surface area contributed by atoms with Gasteiger partial charge in [0.2, 0.25) is 0 Å². The Morgan fingerprint density at radius 1 is 1.57 bits per heavy atom. The zero-order chi connectivity index (χ0) is 10.0. The highest BCUT2D eigenvalue weighted by Gasteiger charge is 2.43. The molecule has 0 saturated carbocycles. The van der Waals surface area contributed by atoms with Gasteiger partial charge in [-0.05, 0) is 18.9 Å². The van der Waals surface area contributed by atoms with Gasteiger partial charge in [0.25, 0.3) is 0 Å². The molecule has 0 aliphatic carbocycles. The second kappa shape index (κ2) is 3.42. The molecule has 1 aromatic rings. The van der Waals surface area contributed by atoms with Crippen LogP contribution in [0.5, 0.6) is 0 Å². The largest absolute Gasteiger partial charge is 0.481 e. The number of ether oxygens (including phenoxy) is 1. The SMILES string of the molecule is O=C(O)C1(c2ccn[nH]2)CCOCC1. The van der Waals surface area contributed by atoms with Gasteiger partial charge in [0.05, 0.1) is 5.69 Å². The van der Waals surface area contributed by atoms with Crippen molar-refractivity contribution >= 4 is 5.97 Å². The van der Waals surface area contributed by atoms with Crippen molar-refractivity contribution in [3.05, 3.63) is 18.0 Å². The number of aromatic nitrogens is 2. The molecule has 0 bridgehead atoms. The summed E-state index contributed by atoms with van der Waals surface area (Å²) >= 11 is 0. The zero-order valence-electron chi connectivity index (χ0n) is 7.69. The number of aromatic amines is 1. The molecule has 0 radical (unpaired) electrons. The molecule has 1 aliphatic rings. The van der Waals surface area contributed by atoms with Crippen molar-refractivity contribution in [2.45, 2.75) is 18.3 Å². The van der Waals surface area contributed by atoms with E-state index in [9.17, 15) is 9.90 Å². The zero-order valence-corrected chi connectivity index (χ0v) is 7.69. The van der Waals surface area contributed by atoms with Gasteiger partial charge in [0.15, 0.2) is 0 Å². The Balaban J connectivity index is 2.35. The molecule has 2 heterocycles. The average molecular weight is 196 g/mol. The van der Waals surface area contributed by atoms with Gasteiger partial charge in [-0.1, -0.05) is 0 Å². The summed E-state index contributed by atoms with van der Waals surface area (Å²) in [4.78, 5) is 11.3. The lowest BCUT2D eigenvalue weighted by Crippen LogP contribution is -2.41. The van der Waals surface area contributed by atoms with E-state index in [4.69, 9.17) is 4.74 Å². The van der Waals surface area contributed by atoms with Gasteiger partial charge in [0.1, 0.15) is 5.41 Å². The summed E-state index contributed by atoms with van der Waals surface area (Å²) < 4.78 is 5.18. The Labute approximate surface area is 81.1 Å². The third kappa shape index (κ3) is 1.29. The summed E-state index contributed by atoms with van der Waals surface area (Å²) in [5, 5.41) is 15.8. The maximum Gasteiger partial charge on any atom is 0.315 e. The summed E-state index contributed by atoms with van der Waals surface area (Å²) in [6.07, 6.45) is 2.59. The highest BCUT2D eigenvalue weighted by atomic mass is 16.5. The normalized spacial score (nSPS) is 20.6. The van der Waals surface area contributed by atoms with E-state index in [1.54, 1.807) is 12.3 Å². The lowest BCUT2D eigenvalue weighted by molar-refractivity contribution is -0.148. The minimum absolute atomic E-state index is 0.491. The number of carboxylic acid groups (broad SMARTS) is 1. The number of H-pyrrole nitrogens is 1. The van der Waals surface area contributed by atoms with Crippen LogP contribution in [0.3, 0.4) is 0 Å². The molecule has 0 atom stereocenters. The van der Waals surface area contributed by atoms with Gasteiger partial charge in [-0.25, -0.2) is 0 Å². The third-order valence-electron chi connectivity index (χ3n) is 2.77. The predicted octanol–water partition coefficient (Wildman–Crippen LogP) is 0.542. The molecule has 2 N–H and O–H groups in total. The van der Waals surface area contributed by atoms with Crippen molar-refractivity contribution < 1.29 is 14.6 Å². The molecule has 76 valence electrons. The molecular weight excluding hydrogens is 184 g/mol. The monoisotopic (exact) mass is 196 g/mol. The highest BCUT2D eigenvalue weighted by molar-refractivity contribution is 5.80. The van der Waals surface area contributed by atoms with Gasteiger partial charge in [0, 0.05) is 19.4 Å². The van der Waals surface area contributed by atoms with Crippen molar-refractivity contribution in [1.82, 2.24) is 10.2 Å². The molecule has 1 fully saturated rings. The fourth-order valence-electron chi connectivity index (χ4n) is 1.84. The molecule has 5 heteroatoms. The fourth-order valence-corrected chi connectivity index (χ4v) is 1.84. The Morgan fingerprint density at radius 2 is 2.29 bits per heavy atom. The van der Waals surface area contributed by atoms with E-state index in [1.165, 1.54) is 0 Å². The second-order valence-electron chi connectivity index (χ2n) is 3.47. The first kappa shape index (κ1) is 9.21. The number of rotatable bonds is 2. The first-order valence-electron chi connectivity index (χ1n) is 4.57. The molecule has 5 nitrogen and oxygen atoms in total. The predicted molar refractivity (Wildman–Crippen MR) is 48.0 cm³/mol. The summed E-state index contributed by atoms with van der Waals surface area (Å²) in [7, 11) is 0. The molecule has 0 aromatic carbocycles. The van der Waals surface area contributed by atoms with Gasteiger partial charge in [-0.2, -0.15) is 5.10 Å². The van der Waals surface area contributed by atoms with E-state index in [0.29, 0.717) is 31.7 Å². The van der Waals surface area contributed by atoms with E-state index >= 15 is 0 Å². The molecular formula is C9H12N2O3. The number of hydrogen-bond acceptors (Lipinski definition) is 3. The van der Waals surface area contributed by atoms with Crippen LogP contribution in [0.25, 0.3) is 0 Å². The quantitative estimate of drug-likeness (QED) is 0.724. The summed E-state index contributed by atoms with van der Waals surface area (Å²) in [5.74, 6) is -0.801. The van der Waals surface area contributed by atoms with Gasteiger partial charge < -0.3 is 9.84 Å². The minimum Gasteiger partial charge on any atom is -0.481 e. The summed E-state index contributed by atoms with van der Waals surface area (Å²) in [6, 6.07) is 1.72. The number of hydrogen-bond donors (Lipinski definition) is 2. The minimum atomic E-state index is -0.825. The van der Waals surface area contributed by atoms with Crippen molar-refractivity contribution in [1.29, 1.82) is 0 Å². The van der Waals surface area contributed by atoms with Gasteiger partial charge in [-0.15, -0.1) is 0 Å². The van der Waals surface area contributed by atoms with Crippen molar-refractivity contribution in [3.8, 4) is 0 Å². The topological polar surface area (TPSA) is 75.2 Å². The Kier molecular flexibility index (Phi) is 2.25. The van der Waals surface area contributed by atoms with Crippen LogP contribution in [0, 0.1) is 0 Å². The van der Waals surface area contributed by atoms with Crippen LogP contribution in [0.4, 0.5) is 0 Å². The van der Waals surface area contributed by atoms with Gasteiger partial charge >= 0.3 is 5.97 Å². The van der Waals surface area contributed by atoms with E-state index in [1.807, 2.05) is 0 Å². The van der Waals surface area contributed by atoms with E-state index in [0.717, 1.165) is 0 Å². The van der Waals surface area contributed by atoms with Crippen LogP contribution in [0.15, 0.2) is 12.3 Å². The highest BCUT2D eigenvalue weighted by Crippen LogP contribution is 2.33. The number of aliphatic carboxylic acids is 1. The van der Waals surface area contributed by atoms with Crippen molar-refractivity contribution in [3.63, 3.8) is 0 Å². The molecule has 1 saturated heterocycles. The Morgan fingerprint density at radius 3 is 2.79 bits per heavy atom. The first-order valence-corrected chi connectivity index (χ1v) is 4.57.